The van der Waals surface area contributed by atoms with Gasteiger partial charge < -0.3 is 9.30 Å². The van der Waals surface area contributed by atoms with Crippen LogP contribution in [0.25, 0.3) is 0 Å². The second kappa shape index (κ2) is 8.90. The number of nitrogens with one attached hydrogen (secondary N) is 2. The second-order valence-electron chi connectivity index (χ2n) is 6.54. The van der Waals surface area contributed by atoms with Crippen molar-refractivity contribution in [3.63, 3.8) is 0 Å². The number of nitrogens with zero attached hydrogens (tertiary/aromatic N) is 1. The number of carbonyl (C=O) groups is 2. The highest BCUT2D eigenvalue weighted by atomic mass is 16.5. The third kappa shape index (κ3) is 5.01. The summed E-state index contributed by atoms with van der Waals surface area (Å²) in [6.07, 6.45) is 1.83. The molecule has 0 unspecified atom stereocenters. The summed E-state index contributed by atoms with van der Waals surface area (Å²) in [5.74, 6) is -0.213. The average Bonchev–Trinajstić information content (AvgIpc) is 3.16. The van der Waals surface area contributed by atoms with Crippen LogP contribution in [0.5, 0.6) is 5.75 Å². The Labute approximate surface area is 164 Å². The average molecular weight is 377 g/mol. The first-order valence-corrected chi connectivity index (χ1v) is 9.01. The van der Waals surface area contributed by atoms with Crippen LogP contribution in [-0.4, -0.2) is 23.0 Å². The number of aryl methyl sites for hydroxylation is 2. The van der Waals surface area contributed by atoms with E-state index in [4.69, 9.17) is 4.74 Å². The van der Waals surface area contributed by atoms with Gasteiger partial charge in [-0.1, -0.05) is 36.4 Å². The molecule has 6 heteroatoms. The van der Waals surface area contributed by atoms with Crippen LogP contribution in [0.3, 0.4) is 0 Å². The Hall–Kier alpha value is -3.54. The zero-order valence-corrected chi connectivity index (χ0v) is 15.9. The molecule has 1 heterocycles. The molecule has 0 fully saturated rings. The minimum absolute atomic E-state index is 0.187. The summed E-state index contributed by atoms with van der Waals surface area (Å²) in [4.78, 5) is 24.4. The molecule has 2 aromatic carbocycles. The van der Waals surface area contributed by atoms with Gasteiger partial charge in [-0.2, -0.15) is 0 Å². The summed E-state index contributed by atoms with van der Waals surface area (Å²) in [6.45, 7) is 4.37. The van der Waals surface area contributed by atoms with E-state index >= 15 is 0 Å². The van der Waals surface area contributed by atoms with Crippen LogP contribution in [-0.2, 0) is 11.3 Å². The fraction of sp³-hybridized carbons (Fsp3) is 0.182. The first-order chi connectivity index (χ1) is 13.5. The van der Waals surface area contributed by atoms with E-state index in [0.29, 0.717) is 18.0 Å². The van der Waals surface area contributed by atoms with Gasteiger partial charge in [0.2, 0.25) is 0 Å². The molecule has 0 saturated carbocycles. The zero-order valence-electron chi connectivity index (χ0n) is 15.9. The van der Waals surface area contributed by atoms with Crippen molar-refractivity contribution in [1.29, 1.82) is 0 Å². The number of aromatic nitrogens is 1. The van der Waals surface area contributed by atoms with Crippen molar-refractivity contribution in [3.8, 4) is 5.75 Å². The molecule has 0 aliphatic carbocycles. The van der Waals surface area contributed by atoms with E-state index in [2.05, 4.69) is 10.9 Å². The lowest BCUT2D eigenvalue weighted by molar-refractivity contribution is -0.123. The van der Waals surface area contributed by atoms with Gasteiger partial charge in [0, 0.05) is 12.7 Å². The number of benzene rings is 2. The predicted molar refractivity (Wildman–Crippen MR) is 107 cm³/mol. The summed E-state index contributed by atoms with van der Waals surface area (Å²) in [5, 5.41) is 0. The van der Waals surface area contributed by atoms with Crippen molar-refractivity contribution in [1.82, 2.24) is 15.4 Å². The van der Waals surface area contributed by atoms with Gasteiger partial charge in [-0.15, -0.1) is 0 Å². The number of carbonyl (C=O) groups excluding carboxylic acids is 2. The Morgan fingerprint density at radius 3 is 2.46 bits per heavy atom. The monoisotopic (exact) mass is 377 g/mol. The third-order valence-corrected chi connectivity index (χ3v) is 4.42. The van der Waals surface area contributed by atoms with Gasteiger partial charge in [0.1, 0.15) is 11.4 Å². The highest BCUT2D eigenvalue weighted by molar-refractivity contribution is 5.94. The number of rotatable bonds is 6. The van der Waals surface area contributed by atoms with Crippen LogP contribution in [0.15, 0.2) is 66.9 Å². The van der Waals surface area contributed by atoms with E-state index in [1.54, 1.807) is 12.1 Å². The van der Waals surface area contributed by atoms with Gasteiger partial charge in [0.25, 0.3) is 11.8 Å². The van der Waals surface area contributed by atoms with E-state index in [9.17, 15) is 9.59 Å². The SMILES string of the molecule is Cc1ccc(OCC(=O)NNC(=O)c2cccn2Cc2ccccc2)cc1C. The Kier molecular flexibility index (Phi) is 6.11. The molecule has 1 aromatic heterocycles. The topological polar surface area (TPSA) is 72.4 Å². The number of hydrazine groups is 1. The van der Waals surface area contributed by atoms with Crippen LogP contribution in [0.1, 0.15) is 27.2 Å². The first kappa shape index (κ1) is 19.2. The summed E-state index contributed by atoms with van der Waals surface area (Å²) < 4.78 is 7.28. The van der Waals surface area contributed by atoms with Gasteiger partial charge in [0.15, 0.2) is 6.61 Å². The van der Waals surface area contributed by atoms with E-state index in [-0.39, 0.29) is 12.5 Å². The number of hydrogen-bond acceptors (Lipinski definition) is 3. The zero-order chi connectivity index (χ0) is 19.9. The molecular formula is C22H23N3O3. The van der Waals surface area contributed by atoms with Crippen LogP contribution < -0.4 is 15.6 Å². The van der Waals surface area contributed by atoms with E-state index in [1.807, 2.05) is 73.1 Å². The molecule has 28 heavy (non-hydrogen) atoms. The highest BCUT2D eigenvalue weighted by Gasteiger charge is 2.12. The molecule has 2 amide bonds. The van der Waals surface area contributed by atoms with Gasteiger partial charge in [-0.05, 0) is 54.8 Å². The quantitative estimate of drug-likeness (QED) is 0.649. The fourth-order valence-corrected chi connectivity index (χ4v) is 2.72. The smallest absolute Gasteiger partial charge is 0.286 e. The molecule has 0 atom stereocenters. The molecule has 144 valence electrons. The molecule has 3 aromatic rings. The van der Waals surface area contributed by atoms with Crippen molar-refractivity contribution < 1.29 is 14.3 Å². The Morgan fingerprint density at radius 2 is 1.71 bits per heavy atom. The van der Waals surface area contributed by atoms with Crippen molar-refractivity contribution in [2.75, 3.05) is 6.61 Å². The largest absolute Gasteiger partial charge is 0.484 e. The second-order valence-corrected chi connectivity index (χ2v) is 6.54. The van der Waals surface area contributed by atoms with Crippen LogP contribution in [0, 0.1) is 13.8 Å². The molecular weight excluding hydrogens is 354 g/mol. The third-order valence-electron chi connectivity index (χ3n) is 4.42. The molecule has 0 aliphatic heterocycles. The van der Waals surface area contributed by atoms with Gasteiger partial charge in [-0.3, -0.25) is 20.4 Å². The number of amides is 2. The molecule has 3 rings (SSSR count). The standard InChI is InChI=1S/C22H23N3O3/c1-16-10-11-19(13-17(16)2)28-15-21(26)23-24-22(27)20-9-6-12-25(20)14-18-7-4-3-5-8-18/h3-13H,14-15H2,1-2H3,(H,23,26)(H,24,27). The number of hydrogen-bond donors (Lipinski definition) is 2. The van der Waals surface area contributed by atoms with Crippen LogP contribution >= 0.6 is 0 Å². The van der Waals surface area contributed by atoms with Crippen molar-refractivity contribution >= 4 is 11.8 Å². The van der Waals surface area contributed by atoms with Gasteiger partial charge in [-0.25, -0.2) is 0 Å². The number of ether oxygens (including phenoxy) is 1. The first-order valence-electron chi connectivity index (χ1n) is 9.01. The lowest BCUT2D eigenvalue weighted by atomic mass is 10.1. The molecule has 0 saturated heterocycles. The summed E-state index contributed by atoms with van der Waals surface area (Å²) in [5.41, 5.74) is 8.59. The van der Waals surface area contributed by atoms with Crippen molar-refractivity contribution in [3.05, 3.63) is 89.2 Å². The summed E-state index contributed by atoms with van der Waals surface area (Å²) in [6, 6.07) is 19.0. The Morgan fingerprint density at radius 1 is 0.929 bits per heavy atom. The van der Waals surface area contributed by atoms with E-state index in [0.717, 1.165) is 16.7 Å². The highest BCUT2D eigenvalue weighted by Crippen LogP contribution is 2.16. The summed E-state index contributed by atoms with van der Waals surface area (Å²) >= 11 is 0. The molecule has 0 radical (unpaired) electrons. The van der Waals surface area contributed by atoms with Crippen LogP contribution in [0.4, 0.5) is 0 Å². The minimum atomic E-state index is -0.437. The lowest BCUT2D eigenvalue weighted by Gasteiger charge is -2.12. The molecule has 0 aliphatic rings. The van der Waals surface area contributed by atoms with Gasteiger partial charge in [0.05, 0.1) is 0 Å². The van der Waals surface area contributed by atoms with Crippen molar-refractivity contribution in [2.24, 2.45) is 0 Å². The molecule has 0 bridgehead atoms. The maximum Gasteiger partial charge on any atom is 0.286 e. The summed E-state index contributed by atoms with van der Waals surface area (Å²) in [7, 11) is 0. The Balaban J connectivity index is 1.50. The maximum absolute atomic E-state index is 12.4. The molecule has 6 nitrogen and oxygen atoms in total. The molecule has 0 spiro atoms. The van der Waals surface area contributed by atoms with E-state index in [1.165, 1.54) is 0 Å². The lowest BCUT2D eigenvalue weighted by Crippen LogP contribution is -2.44. The van der Waals surface area contributed by atoms with Crippen LogP contribution in [0.2, 0.25) is 0 Å². The van der Waals surface area contributed by atoms with Crippen molar-refractivity contribution in [2.45, 2.75) is 20.4 Å². The Bertz CT molecular complexity index is 964. The minimum Gasteiger partial charge on any atom is -0.484 e. The fourth-order valence-electron chi connectivity index (χ4n) is 2.72. The van der Waals surface area contributed by atoms with E-state index < -0.39 is 5.91 Å². The maximum atomic E-state index is 12.4. The predicted octanol–water partition coefficient (Wildman–Crippen LogP) is 2.99. The normalized spacial score (nSPS) is 10.4. The van der Waals surface area contributed by atoms with Gasteiger partial charge >= 0.3 is 0 Å². The molecule has 2 N–H and O–H groups in total.